The van der Waals surface area contributed by atoms with Gasteiger partial charge in [0.25, 0.3) is 0 Å². The molecule has 0 spiro atoms. The molecule has 2 rings (SSSR count). The zero-order chi connectivity index (χ0) is 16.0. The van der Waals surface area contributed by atoms with Crippen LogP contribution in [0.4, 0.5) is 0 Å². The van der Waals surface area contributed by atoms with Gasteiger partial charge in [0.2, 0.25) is 0 Å². The smallest absolute Gasteiger partial charge is 0.310 e. The predicted molar refractivity (Wildman–Crippen MR) is 89.4 cm³/mol. The van der Waals surface area contributed by atoms with Crippen molar-refractivity contribution in [2.45, 2.75) is 12.8 Å². The molecule has 22 heavy (non-hydrogen) atoms. The van der Waals surface area contributed by atoms with E-state index in [4.69, 9.17) is 21.4 Å². The molecule has 2 aromatic carbocycles. The number of carboxylic acids is 1. The number of rotatable bonds is 6. The van der Waals surface area contributed by atoms with Crippen molar-refractivity contribution in [1.82, 2.24) is 0 Å². The largest absolute Gasteiger partial charge is 0.481 e. The summed E-state index contributed by atoms with van der Waals surface area (Å²) in [6.45, 7) is 0. The van der Waals surface area contributed by atoms with E-state index < -0.39 is 18.2 Å². The summed E-state index contributed by atoms with van der Waals surface area (Å²) in [5.74, 6) is -1.62. The average Bonchev–Trinajstić information content (AvgIpc) is 2.54. The molecule has 0 fully saturated rings. The minimum atomic E-state index is -2.75. The van der Waals surface area contributed by atoms with Crippen LogP contribution < -0.4 is 10.6 Å². The molecule has 2 aromatic rings. The summed E-state index contributed by atoms with van der Waals surface area (Å²) in [6.07, 6.45) is -3.20. The number of carbonyl (C=O) groups excluding carboxylic acids is 1. The first kappa shape index (κ1) is 16.4. The monoisotopic (exact) mass is 334 g/mol. The highest BCUT2D eigenvalue weighted by Crippen LogP contribution is 2.45. The van der Waals surface area contributed by atoms with Gasteiger partial charge >= 0.3 is 11.9 Å². The van der Waals surface area contributed by atoms with Crippen molar-refractivity contribution in [3.63, 3.8) is 0 Å². The Morgan fingerprint density at radius 2 is 1.36 bits per heavy atom. The lowest BCUT2D eigenvalue weighted by molar-refractivity contribution is -0.141. The van der Waals surface area contributed by atoms with Crippen molar-refractivity contribution in [3.8, 4) is 0 Å². The zero-order valence-corrected chi connectivity index (χ0v) is 13.4. The number of aliphatic carboxylic acids is 1. The molecule has 0 amide bonds. The quantitative estimate of drug-likeness (QED) is 0.822. The summed E-state index contributed by atoms with van der Waals surface area (Å²) >= 11 is 5.71. The van der Waals surface area contributed by atoms with Crippen LogP contribution in [0.2, 0.25) is 0 Å². The fourth-order valence-electron chi connectivity index (χ4n) is 1.90. The van der Waals surface area contributed by atoms with Gasteiger partial charge in [0, 0.05) is 10.6 Å². The third-order valence-corrected chi connectivity index (χ3v) is 6.87. The molecule has 0 aliphatic carbocycles. The van der Waals surface area contributed by atoms with E-state index in [2.05, 4.69) is 0 Å². The summed E-state index contributed by atoms with van der Waals surface area (Å²) in [4.78, 5) is 22.6. The van der Waals surface area contributed by atoms with Crippen LogP contribution in [-0.4, -0.2) is 17.0 Å². The maximum Gasteiger partial charge on any atom is 0.310 e. The highest BCUT2D eigenvalue weighted by atomic mass is 32.4. The molecule has 0 saturated carbocycles. The fourth-order valence-corrected chi connectivity index (χ4v) is 4.90. The van der Waals surface area contributed by atoms with Gasteiger partial charge in [-0.15, -0.1) is 0 Å². The van der Waals surface area contributed by atoms with E-state index in [1.165, 1.54) is 0 Å². The number of carbonyl (C=O) groups is 2. The molecule has 0 aliphatic rings. The van der Waals surface area contributed by atoms with Gasteiger partial charge in [-0.2, -0.15) is 0 Å². The first-order valence-electron chi connectivity index (χ1n) is 6.68. The Bertz CT molecular complexity index is 657. The van der Waals surface area contributed by atoms with Gasteiger partial charge in [0.1, 0.15) is 0 Å². The Hall–Kier alpha value is -1.97. The van der Waals surface area contributed by atoms with E-state index in [0.29, 0.717) is 0 Å². The van der Waals surface area contributed by atoms with Gasteiger partial charge < -0.3 is 9.63 Å². The van der Waals surface area contributed by atoms with Crippen molar-refractivity contribution in [3.05, 3.63) is 60.7 Å². The maximum absolute atomic E-state index is 12.0. The minimum absolute atomic E-state index is 0.187. The topological polar surface area (TPSA) is 63.6 Å². The predicted octanol–water partition coefficient (Wildman–Crippen LogP) is 2.44. The first-order chi connectivity index (χ1) is 10.5. The van der Waals surface area contributed by atoms with Crippen molar-refractivity contribution in [2.24, 2.45) is 0 Å². The first-order valence-corrected chi connectivity index (χ1v) is 9.40. The van der Waals surface area contributed by atoms with E-state index in [0.717, 1.165) is 10.6 Å². The lowest BCUT2D eigenvalue weighted by Gasteiger charge is -2.23. The van der Waals surface area contributed by atoms with E-state index in [-0.39, 0.29) is 12.8 Å². The molecule has 0 saturated heterocycles. The van der Waals surface area contributed by atoms with Gasteiger partial charge in [-0.25, -0.2) is 0 Å². The molecule has 6 heteroatoms. The van der Waals surface area contributed by atoms with Crippen LogP contribution in [0, 0.1) is 0 Å². The van der Waals surface area contributed by atoms with E-state index in [1.54, 1.807) is 0 Å². The molecule has 1 N–H and O–H groups in total. The molecule has 4 nitrogen and oxygen atoms in total. The Morgan fingerprint density at radius 1 is 0.909 bits per heavy atom. The fraction of sp³-hybridized carbons (Fsp3) is 0.125. The molecule has 114 valence electrons. The van der Waals surface area contributed by atoms with Crippen LogP contribution in [0.15, 0.2) is 60.7 Å². The standard InChI is InChI=1S/C16H15O4PS/c17-15(18)11-12-16(19)20-21(22,13-7-3-1-4-8-13)14-9-5-2-6-10-14/h1-10H,11-12H2,(H,17,18). The Labute approximate surface area is 133 Å². The van der Waals surface area contributed by atoms with Crippen molar-refractivity contribution < 1.29 is 19.2 Å². The number of benzene rings is 2. The van der Waals surface area contributed by atoms with Gasteiger partial charge in [0.05, 0.1) is 12.8 Å². The van der Waals surface area contributed by atoms with Gasteiger partial charge in [-0.05, 0) is 11.8 Å². The van der Waals surface area contributed by atoms with Gasteiger partial charge in [-0.1, -0.05) is 60.7 Å². The van der Waals surface area contributed by atoms with E-state index >= 15 is 0 Å². The minimum Gasteiger partial charge on any atom is -0.481 e. The molecule has 0 radical (unpaired) electrons. The zero-order valence-electron chi connectivity index (χ0n) is 11.7. The summed E-state index contributed by atoms with van der Waals surface area (Å²) in [6, 6.07) is 18.4. The van der Waals surface area contributed by atoms with Crippen LogP contribution >= 0.6 is 6.26 Å². The van der Waals surface area contributed by atoms with E-state index in [9.17, 15) is 9.59 Å². The molecule has 0 bridgehead atoms. The molecular formula is C16H15O4PS. The average molecular weight is 334 g/mol. The summed E-state index contributed by atoms with van der Waals surface area (Å²) in [7, 11) is 0. The van der Waals surface area contributed by atoms with Crippen LogP contribution in [0.5, 0.6) is 0 Å². The normalized spacial score (nSPS) is 10.9. The van der Waals surface area contributed by atoms with Crippen molar-refractivity contribution in [1.29, 1.82) is 0 Å². The van der Waals surface area contributed by atoms with Crippen LogP contribution in [0.25, 0.3) is 0 Å². The van der Waals surface area contributed by atoms with Crippen molar-refractivity contribution in [2.75, 3.05) is 0 Å². The Morgan fingerprint density at radius 3 is 1.77 bits per heavy atom. The molecule has 0 unspecified atom stereocenters. The Kier molecular flexibility index (Phi) is 5.47. The lowest BCUT2D eigenvalue weighted by Crippen LogP contribution is -2.20. The summed E-state index contributed by atoms with van der Waals surface area (Å²) < 4.78 is 5.58. The molecular weight excluding hydrogens is 319 g/mol. The third-order valence-electron chi connectivity index (χ3n) is 2.97. The van der Waals surface area contributed by atoms with Gasteiger partial charge in [0.15, 0.2) is 6.26 Å². The van der Waals surface area contributed by atoms with E-state index in [1.807, 2.05) is 60.7 Å². The second-order valence-corrected chi connectivity index (χ2v) is 8.44. The molecule has 0 atom stereocenters. The summed E-state index contributed by atoms with van der Waals surface area (Å²) in [5.41, 5.74) is 0. The molecule has 0 heterocycles. The van der Waals surface area contributed by atoms with Crippen LogP contribution in [0.1, 0.15) is 12.8 Å². The highest BCUT2D eigenvalue weighted by molar-refractivity contribution is 8.19. The second kappa shape index (κ2) is 7.34. The van der Waals surface area contributed by atoms with Crippen LogP contribution in [0.3, 0.4) is 0 Å². The van der Waals surface area contributed by atoms with Gasteiger partial charge in [-0.3, -0.25) is 9.59 Å². The maximum atomic E-state index is 12.0. The van der Waals surface area contributed by atoms with Crippen LogP contribution in [-0.2, 0) is 25.9 Å². The number of hydrogen-bond acceptors (Lipinski definition) is 4. The SMILES string of the molecule is O=C(O)CCC(=O)OP(=S)(c1ccccc1)c1ccccc1. The Balaban J connectivity index is 2.33. The lowest BCUT2D eigenvalue weighted by atomic mass is 10.3. The van der Waals surface area contributed by atoms with Crippen molar-refractivity contribution >= 4 is 40.6 Å². The highest BCUT2D eigenvalue weighted by Gasteiger charge is 2.27. The third kappa shape index (κ3) is 4.03. The molecule has 0 aliphatic heterocycles. The summed E-state index contributed by atoms with van der Waals surface area (Å²) in [5, 5.41) is 10.2. The number of hydrogen-bond donors (Lipinski definition) is 1. The molecule has 0 aromatic heterocycles. The second-order valence-electron chi connectivity index (χ2n) is 4.58. The number of carboxylic acid groups (broad SMARTS) is 1.